The normalized spacial score (nSPS) is 17.4. The minimum absolute atomic E-state index is 0.0235. The average molecular weight is 449 g/mol. The van der Waals surface area contributed by atoms with Crippen LogP contribution in [0.5, 0.6) is 5.75 Å². The fourth-order valence-electron chi connectivity index (χ4n) is 3.49. The zero-order chi connectivity index (χ0) is 23.7. The number of amides is 3. The van der Waals surface area contributed by atoms with Crippen LogP contribution in [0.3, 0.4) is 0 Å². The number of aromatic hydroxyl groups is 1. The Morgan fingerprint density at radius 2 is 1.78 bits per heavy atom. The summed E-state index contributed by atoms with van der Waals surface area (Å²) < 4.78 is 0. The van der Waals surface area contributed by atoms with Gasteiger partial charge in [0.2, 0.25) is 17.7 Å². The van der Waals surface area contributed by atoms with Gasteiger partial charge in [-0.05, 0) is 49.4 Å². The van der Waals surface area contributed by atoms with Crippen LogP contribution < -0.4 is 21.3 Å². The van der Waals surface area contributed by atoms with Crippen LogP contribution in [-0.4, -0.2) is 65.1 Å². The van der Waals surface area contributed by atoms with E-state index in [9.17, 15) is 29.4 Å². The molecule has 0 aromatic heterocycles. The van der Waals surface area contributed by atoms with Gasteiger partial charge in [-0.2, -0.15) is 0 Å². The highest BCUT2D eigenvalue weighted by atomic mass is 16.4. The second kappa shape index (κ2) is 12.0. The Morgan fingerprint density at radius 3 is 2.34 bits per heavy atom. The molecule has 10 nitrogen and oxygen atoms in total. The Bertz CT molecular complexity index is 805. The Morgan fingerprint density at radius 1 is 1.09 bits per heavy atom. The number of carbonyl (C=O) groups excluding carboxylic acids is 3. The van der Waals surface area contributed by atoms with Crippen molar-refractivity contribution in [1.29, 1.82) is 0 Å². The second-order valence-corrected chi connectivity index (χ2v) is 8.39. The number of carbonyl (C=O) groups is 4. The maximum Gasteiger partial charge on any atom is 0.326 e. The van der Waals surface area contributed by atoms with Crippen LogP contribution in [0.15, 0.2) is 24.3 Å². The number of hydrogen-bond donors (Lipinski definition) is 6. The standard InChI is InChI=1S/C22H32N4O6/c1-13(2)10-17(26-21(30)16-4-3-9-23-16)20(29)24-12-19(28)25-18(22(31)32)11-14-5-7-15(27)8-6-14/h5-8,13,16-18,23,27H,3-4,9-12H2,1-2H3,(H,24,29)(H,25,28)(H,26,30)(H,31,32). The molecule has 1 aromatic carbocycles. The molecule has 0 saturated carbocycles. The summed E-state index contributed by atoms with van der Waals surface area (Å²) in [6.07, 6.45) is 2.04. The lowest BCUT2D eigenvalue weighted by atomic mass is 10.0. The molecule has 32 heavy (non-hydrogen) atoms. The summed E-state index contributed by atoms with van der Waals surface area (Å²) in [5.41, 5.74) is 0.625. The summed E-state index contributed by atoms with van der Waals surface area (Å²) in [5.74, 6) is -2.42. The van der Waals surface area contributed by atoms with Crippen LogP contribution in [0, 0.1) is 5.92 Å². The van der Waals surface area contributed by atoms with E-state index in [0.717, 1.165) is 13.0 Å². The van der Waals surface area contributed by atoms with Crippen LogP contribution >= 0.6 is 0 Å². The molecule has 3 atom stereocenters. The smallest absolute Gasteiger partial charge is 0.326 e. The summed E-state index contributed by atoms with van der Waals surface area (Å²) in [6.45, 7) is 4.19. The van der Waals surface area contributed by atoms with Crippen LogP contribution in [0.25, 0.3) is 0 Å². The molecular weight excluding hydrogens is 416 g/mol. The Labute approximate surface area is 187 Å². The molecule has 6 N–H and O–H groups in total. The van der Waals surface area contributed by atoms with E-state index in [0.29, 0.717) is 18.4 Å². The molecule has 3 amide bonds. The number of phenols is 1. The third-order valence-corrected chi connectivity index (χ3v) is 5.15. The van der Waals surface area contributed by atoms with Crippen molar-refractivity contribution in [3.63, 3.8) is 0 Å². The molecule has 1 fully saturated rings. The highest BCUT2D eigenvalue weighted by Gasteiger charge is 2.28. The number of hydrogen-bond acceptors (Lipinski definition) is 6. The molecular formula is C22H32N4O6. The molecule has 2 rings (SSSR count). The summed E-state index contributed by atoms with van der Waals surface area (Å²) in [5, 5.41) is 29.4. The molecule has 1 aromatic rings. The Kier molecular flexibility index (Phi) is 9.45. The van der Waals surface area contributed by atoms with Gasteiger partial charge in [-0.15, -0.1) is 0 Å². The first-order valence-corrected chi connectivity index (χ1v) is 10.8. The van der Waals surface area contributed by atoms with Gasteiger partial charge < -0.3 is 31.5 Å². The maximum atomic E-state index is 12.6. The average Bonchev–Trinajstić information content (AvgIpc) is 3.27. The number of aliphatic carboxylic acids is 1. The molecule has 0 aliphatic carbocycles. The van der Waals surface area contributed by atoms with Crippen molar-refractivity contribution >= 4 is 23.7 Å². The highest BCUT2D eigenvalue weighted by molar-refractivity contribution is 5.92. The van der Waals surface area contributed by atoms with Crippen molar-refractivity contribution in [2.75, 3.05) is 13.1 Å². The summed E-state index contributed by atoms with van der Waals surface area (Å²) in [6, 6.07) is 3.70. The van der Waals surface area contributed by atoms with Crippen molar-refractivity contribution < 1.29 is 29.4 Å². The van der Waals surface area contributed by atoms with E-state index in [1.54, 1.807) is 12.1 Å². The van der Waals surface area contributed by atoms with Crippen molar-refractivity contribution in [3.8, 4) is 5.75 Å². The van der Waals surface area contributed by atoms with Crippen molar-refractivity contribution in [2.45, 2.75) is 57.7 Å². The molecule has 0 radical (unpaired) electrons. The topological polar surface area (TPSA) is 157 Å². The van der Waals surface area contributed by atoms with Crippen LogP contribution in [-0.2, 0) is 25.6 Å². The van der Waals surface area contributed by atoms with Gasteiger partial charge in [-0.1, -0.05) is 26.0 Å². The van der Waals surface area contributed by atoms with Crippen LogP contribution in [0.1, 0.15) is 38.7 Å². The zero-order valence-electron chi connectivity index (χ0n) is 18.4. The van der Waals surface area contributed by atoms with Gasteiger partial charge >= 0.3 is 5.97 Å². The molecule has 1 aliphatic heterocycles. The van der Waals surface area contributed by atoms with E-state index in [4.69, 9.17) is 0 Å². The minimum atomic E-state index is -1.22. The first-order chi connectivity index (χ1) is 15.2. The first kappa shape index (κ1) is 25.1. The summed E-state index contributed by atoms with van der Waals surface area (Å²) in [7, 11) is 0. The highest BCUT2D eigenvalue weighted by Crippen LogP contribution is 2.12. The lowest BCUT2D eigenvalue weighted by Gasteiger charge is -2.22. The molecule has 1 aliphatic rings. The summed E-state index contributed by atoms with van der Waals surface area (Å²) >= 11 is 0. The molecule has 0 spiro atoms. The maximum absolute atomic E-state index is 12.6. The Balaban J connectivity index is 1.89. The van der Waals surface area contributed by atoms with Gasteiger partial charge in [-0.3, -0.25) is 14.4 Å². The van der Waals surface area contributed by atoms with Gasteiger partial charge in [0.15, 0.2) is 0 Å². The lowest BCUT2D eigenvalue weighted by Crippen LogP contribution is -2.53. The van der Waals surface area contributed by atoms with E-state index in [1.807, 2.05) is 13.8 Å². The minimum Gasteiger partial charge on any atom is -0.508 e. The van der Waals surface area contributed by atoms with Crippen LogP contribution in [0.4, 0.5) is 0 Å². The van der Waals surface area contributed by atoms with Crippen molar-refractivity contribution in [1.82, 2.24) is 21.3 Å². The van der Waals surface area contributed by atoms with E-state index in [1.165, 1.54) is 12.1 Å². The van der Waals surface area contributed by atoms with Gasteiger partial charge in [0, 0.05) is 6.42 Å². The van der Waals surface area contributed by atoms with Gasteiger partial charge in [0.05, 0.1) is 12.6 Å². The molecule has 1 heterocycles. The van der Waals surface area contributed by atoms with E-state index >= 15 is 0 Å². The lowest BCUT2D eigenvalue weighted by molar-refractivity contribution is -0.141. The predicted octanol–water partition coefficient (Wildman–Crippen LogP) is -0.0968. The number of nitrogens with one attached hydrogen (secondary N) is 4. The summed E-state index contributed by atoms with van der Waals surface area (Å²) in [4.78, 5) is 48.8. The molecule has 10 heteroatoms. The molecule has 0 bridgehead atoms. The third-order valence-electron chi connectivity index (χ3n) is 5.15. The molecule has 176 valence electrons. The van der Waals surface area contributed by atoms with E-state index < -0.39 is 36.4 Å². The first-order valence-electron chi connectivity index (χ1n) is 10.8. The SMILES string of the molecule is CC(C)CC(NC(=O)C1CCCN1)C(=O)NCC(=O)NC(Cc1ccc(O)cc1)C(=O)O. The number of benzene rings is 1. The third kappa shape index (κ3) is 8.18. The fraction of sp³-hybridized carbons (Fsp3) is 0.545. The second-order valence-electron chi connectivity index (χ2n) is 8.39. The van der Waals surface area contributed by atoms with Gasteiger partial charge in [0.1, 0.15) is 17.8 Å². The van der Waals surface area contributed by atoms with Crippen LogP contribution in [0.2, 0.25) is 0 Å². The van der Waals surface area contributed by atoms with E-state index in [-0.39, 0.29) is 30.0 Å². The molecule has 3 unspecified atom stereocenters. The van der Waals surface area contributed by atoms with Crippen molar-refractivity contribution in [3.05, 3.63) is 29.8 Å². The molecule has 1 saturated heterocycles. The quantitative estimate of drug-likeness (QED) is 0.276. The zero-order valence-corrected chi connectivity index (χ0v) is 18.4. The predicted molar refractivity (Wildman–Crippen MR) is 117 cm³/mol. The number of carboxylic acid groups (broad SMARTS) is 1. The largest absolute Gasteiger partial charge is 0.508 e. The number of rotatable bonds is 11. The Hall–Kier alpha value is -3.14. The van der Waals surface area contributed by atoms with Gasteiger partial charge in [-0.25, -0.2) is 4.79 Å². The van der Waals surface area contributed by atoms with Gasteiger partial charge in [0.25, 0.3) is 0 Å². The van der Waals surface area contributed by atoms with E-state index in [2.05, 4.69) is 21.3 Å². The number of carboxylic acids is 1. The van der Waals surface area contributed by atoms with Crippen molar-refractivity contribution in [2.24, 2.45) is 5.92 Å². The monoisotopic (exact) mass is 448 g/mol. The fourth-order valence-corrected chi connectivity index (χ4v) is 3.49. The number of phenolic OH excluding ortho intramolecular Hbond substituents is 1.